The van der Waals surface area contributed by atoms with E-state index in [2.05, 4.69) is 59.5 Å². The zero-order chi connectivity index (χ0) is 31.9. The molecule has 0 unspecified atom stereocenters. The molecule has 0 spiro atoms. The Morgan fingerprint density at radius 1 is 1.02 bits per heavy atom. The quantitative estimate of drug-likeness (QED) is 0.195. The molecule has 4 saturated carbocycles. The van der Waals surface area contributed by atoms with Gasteiger partial charge in [0.1, 0.15) is 5.82 Å². The van der Waals surface area contributed by atoms with Gasteiger partial charge in [0.2, 0.25) is 0 Å². The average Bonchev–Trinajstić information content (AvgIpc) is 3.36. The van der Waals surface area contributed by atoms with Gasteiger partial charge in [0.25, 0.3) is 0 Å². The van der Waals surface area contributed by atoms with Gasteiger partial charge in [-0.05, 0) is 139 Å². The zero-order valence-electron chi connectivity index (χ0n) is 28.3. The second kappa shape index (κ2) is 11.0. The molecule has 44 heavy (non-hydrogen) atoms. The van der Waals surface area contributed by atoms with Gasteiger partial charge >= 0.3 is 5.97 Å². The number of esters is 1. The number of alkyl halides is 1. The molecule has 0 saturated heterocycles. The van der Waals surface area contributed by atoms with Crippen LogP contribution in [-0.2, 0) is 4.74 Å². The van der Waals surface area contributed by atoms with Crippen LogP contribution >= 0.6 is 11.6 Å². The van der Waals surface area contributed by atoms with Crippen molar-refractivity contribution in [1.29, 1.82) is 0 Å². The third-order valence-electron chi connectivity index (χ3n) is 14.9. The molecule has 4 fully saturated rings. The van der Waals surface area contributed by atoms with Gasteiger partial charge in [-0.3, -0.25) is 0 Å². The molecular weight excluding hydrogens is 569 g/mol. The fraction of sp³-hybridized carbons (Fsp3) is 0.718. The number of ether oxygens (including phenoxy) is 1. The average molecular weight is 624 g/mol. The maximum absolute atomic E-state index is 15.1. The molecule has 0 aromatic heterocycles. The molecule has 1 aromatic rings. The lowest BCUT2D eigenvalue weighted by atomic mass is 9.33. The van der Waals surface area contributed by atoms with Gasteiger partial charge in [0.15, 0.2) is 0 Å². The Hall–Kier alpha value is -1.65. The SMILES string of the molecule is C=C(C)[C@@H]1CC[C@]2(NCCCl)CC[C@]3(C)[C@H](CC[C@@H]4[C@@]5(C)CC=C(c6ccc(C(=O)OC)c(F)c6)C(C)(C)[C@@H]5CC[C@]43C)[C@@H]12. The Kier molecular flexibility index (Phi) is 8.05. The Morgan fingerprint density at radius 3 is 2.43 bits per heavy atom. The maximum Gasteiger partial charge on any atom is 0.340 e. The number of carbonyl (C=O) groups excluding carboxylic acids is 1. The van der Waals surface area contributed by atoms with E-state index in [9.17, 15) is 4.79 Å². The van der Waals surface area contributed by atoms with Crippen LogP contribution in [-0.4, -0.2) is 31.0 Å². The number of hydrogen-bond donors (Lipinski definition) is 1. The molecule has 5 aliphatic rings. The number of allylic oxidation sites excluding steroid dienone is 3. The molecule has 1 aromatic carbocycles. The zero-order valence-corrected chi connectivity index (χ0v) is 29.0. The molecule has 0 amide bonds. The van der Waals surface area contributed by atoms with Crippen molar-refractivity contribution in [1.82, 2.24) is 5.32 Å². The fourth-order valence-electron chi connectivity index (χ4n) is 12.8. The highest BCUT2D eigenvalue weighted by Gasteiger charge is 2.70. The number of hydrogen-bond acceptors (Lipinski definition) is 3. The maximum atomic E-state index is 15.1. The molecule has 0 heterocycles. The number of benzene rings is 1. The third-order valence-corrected chi connectivity index (χ3v) is 15.1. The summed E-state index contributed by atoms with van der Waals surface area (Å²) in [6.45, 7) is 20.4. The summed E-state index contributed by atoms with van der Waals surface area (Å²) in [6, 6.07) is 5.05. The van der Waals surface area contributed by atoms with Crippen LogP contribution in [0.5, 0.6) is 0 Å². The van der Waals surface area contributed by atoms with Gasteiger partial charge in [-0.1, -0.05) is 58.9 Å². The van der Waals surface area contributed by atoms with Crippen LogP contribution in [0.4, 0.5) is 4.39 Å². The molecule has 0 bridgehead atoms. The molecule has 0 aliphatic heterocycles. The molecule has 6 rings (SSSR count). The van der Waals surface area contributed by atoms with E-state index in [1.807, 2.05) is 6.07 Å². The standard InChI is InChI=1S/C39H55ClFNO2/c1-24(2)26-13-18-39(42-22-21-40)20-19-37(6)29(33(26)39)11-12-32-36(5)16-14-28(35(3,4)31(36)15-17-38(32,37)7)25-9-10-27(30(41)23-25)34(43)44-8/h9-10,14,23,26,29,31-33,42H,1,11-13,15-22H2,2-8H3/t26-,29+,31-,32+,33+,36-,37+,38+,39-/m0/s1. The number of nitrogens with one attached hydrogen (secondary N) is 1. The largest absolute Gasteiger partial charge is 0.465 e. The van der Waals surface area contributed by atoms with E-state index in [0.29, 0.717) is 40.9 Å². The monoisotopic (exact) mass is 623 g/mol. The summed E-state index contributed by atoms with van der Waals surface area (Å²) in [7, 11) is 1.29. The molecule has 5 heteroatoms. The van der Waals surface area contributed by atoms with Gasteiger partial charge in [-0.25, -0.2) is 9.18 Å². The van der Waals surface area contributed by atoms with E-state index < -0.39 is 11.8 Å². The van der Waals surface area contributed by atoms with Crippen molar-refractivity contribution >= 4 is 23.1 Å². The highest BCUT2D eigenvalue weighted by Crippen LogP contribution is 2.76. The van der Waals surface area contributed by atoms with Crippen LogP contribution in [0.1, 0.15) is 115 Å². The second-order valence-electron chi connectivity index (χ2n) is 16.7. The number of methoxy groups -OCH3 is 1. The summed E-state index contributed by atoms with van der Waals surface area (Å²) >= 11 is 6.25. The number of rotatable bonds is 6. The first-order valence-corrected chi connectivity index (χ1v) is 17.8. The van der Waals surface area contributed by atoms with Gasteiger partial charge in [-0.2, -0.15) is 0 Å². The van der Waals surface area contributed by atoms with Gasteiger partial charge in [0.05, 0.1) is 12.7 Å². The van der Waals surface area contributed by atoms with Crippen LogP contribution in [0.2, 0.25) is 0 Å². The summed E-state index contributed by atoms with van der Waals surface area (Å²) in [5.41, 5.74) is 4.35. The third kappa shape index (κ3) is 4.39. The van der Waals surface area contributed by atoms with E-state index in [-0.39, 0.29) is 27.3 Å². The minimum atomic E-state index is -0.629. The Balaban J connectivity index is 1.35. The topological polar surface area (TPSA) is 38.3 Å². The molecule has 0 radical (unpaired) electrons. The van der Waals surface area contributed by atoms with E-state index in [1.54, 1.807) is 12.1 Å². The van der Waals surface area contributed by atoms with E-state index in [1.165, 1.54) is 69.6 Å². The minimum Gasteiger partial charge on any atom is -0.465 e. The summed E-state index contributed by atoms with van der Waals surface area (Å²) in [5.74, 6) is 2.64. The van der Waals surface area contributed by atoms with Gasteiger partial charge in [0, 0.05) is 18.0 Å². The Morgan fingerprint density at radius 2 is 1.77 bits per heavy atom. The number of halogens is 2. The van der Waals surface area contributed by atoms with Crippen LogP contribution in [0.3, 0.4) is 0 Å². The van der Waals surface area contributed by atoms with Crippen LogP contribution in [0.15, 0.2) is 36.4 Å². The first kappa shape index (κ1) is 32.3. The number of fused-ring (bicyclic) bond motifs is 7. The summed E-state index contributed by atoms with van der Waals surface area (Å²) in [5, 5.41) is 4.03. The Labute approximate surface area is 270 Å². The van der Waals surface area contributed by atoms with Crippen LogP contribution in [0.25, 0.3) is 5.57 Å². The first-order valence-electron chi connectivity index (χ1n) is 17.3. The highest BCUT2D eigenvalue weighted by molar-refractivity contribution is 6.18. The van der Waals surface area contributed by atoms with Crippen LogP contribution < -0.4 is 5.32 Å². The second-order valence-corrected chi connectivity index (χ2v) is 17.1. The molecule has 9 atom stereocenters. The molecular formula is C39H55ClFNO2. The van der Waals surface area contributed by atoms with Crippen molar-refractivity contribution in [3.05, 3.63) is 53.4 Å². The molecule has 5 aliphatic carbocycles. The molecule has 242 valence electrons. The Bertz CT molecular complexity index is 1370. The summed E-state index contributed by atoms with van der Waals surface area (Å²) in [4.78, 5) is 12.1. The fourth-order valence-corrected chi connectivity index (χ4v) is 12.9. The van der Waals surface area contributed by atoms with Crippen molar-refractivity contribution in [3.63, 3.8) is 0 Å². The van der Waals surface area contributed by atoms with Crippen molar-refractivity contribution in [3.8, 4) is 0 Å². The predicted octanol–water partition coefficient (Wildman–Crippen LogP) is 9.84. The van der Waals surface area contributed by atoms with E-state index >= 15 is 4.39 Å². The lowest BCUT2D eigenvalue weighted by Gasteiger charge is -2.72. The van der Waals surface area contributed by atoms with Gasteiger partial charge in [-0.15, -0.1) is 11.6 Å². The van der Waals surface area contributed by atoms with E-state index in [0.717, 1.165) is 18.5 Å². The van der Waals surface area contributed by atoms with Crippen LogP contribution in [0, 0.1) is 57.1 Å². The lowest BCUT2D eigenvalue weighted by Crippen LogP contribution is -2.68. The summed E-state index contributed by atoms with van der Waals surface area (Å²) < 4.78 is 19.9. The van der Waals surface area contributed by atoms with Gasteiger partial charge < -0.3 is 10.1 Å². The van der Waals surface area contributed by atoms with Crippen molar-refractivity contribution in [2.75, 3.05) is 19.5 Å². The molecule has 1 N–H and O–H groups in total. The lowest BCUT2D eigenvalue weighted by molar-refractivity contribution is -0.219. The van der Waals surface area contributed by atoms with Crippen molar-refractivity contribution in [2.45, 2.75) is 105 Å². The van der Waals surface area contributed by atoms with Crippen molar-refractivity contribution in [2.24, 2.45) is 51.2 Å². The van der Waals surface area contributed by atoms with Crippen molar-refractivity contribution < 1.29 is 13.9 Å². The minimum absolute atomic E-state index is 0.000696. The predicted molar refractivity (Wildman–Crippen MR) is 179 cm³/mol. The normalized spacial score (nSPS) is 42.3. The molecule has 3 nitrogen and oxygen atoms in total. The first-order chi connectivity index (χ1) is 20.7. The smallest absolute Gasteiger partial charge is 0.340 e. The summed E-state index contributed by atoms with van der Waals surface area (Å²) in [6.07, 6.45) is 13.5. The van der Waals surface area contributed by atoms with E-state index in [4.69, 9.17) is 16.3 Å². The highest BCUT2D eigenvalue weighted by atomic mass is 35.5. The number of carbonyl (C=O) groups is 1.